The third-order valence-corrected chi connectivity index (χ3v) is 6.04. The van der Waals surface area contributed by atoms with Gasteiger partial charge in [0.15, 0.2) is 5.96 Å². The number of thiazole rings is 1. The Bertz CT molecular complexity index is 827. The molecule has 0 unspecified atom stereocenters. The summed E-state index contributed by atoms with van der Waals surface area (Å²) in [6, 6.07) is 10.4. The van der Waals surface area contributed by atoms with Crippen LogP contribution in [0.25, 0.3) is 0 Å². The molecule has 1 amide bonds. The van der Waals surface area contributed by atoms with Crippen molar-refractivity contribution in [3.8, 4) is 0 Å². The normalized spacial score (nSPS) is 14.9. The molecule has 162 valence electrons. The highest BCUT2D eigenvalue weighted by molar-refractivity contribution is 7.09. The fourth-order valence-corrected chi connectivity index (χ4v) is 4.25. The van der Waals surface area contributed by atoms with Gasteiger partial charge in [-0.15, -0.1) is 11.3 Å². The van der Waals surface area contributed by atoms with Crippen LogP contribution >= 0.6 is 11.3 Å². The van der Waals surface area contributed by atoms with Gasteiger partial charge in [-0.05, 0) is 18.1 Å². The fraction of sp³-hybridized carbons (Fsp3) is 0.500. The smallest absolute Gasteiger partial charge is 0.224 e. The molecule has 1 aliphatic rings. The highest BCUT2D eigenvalue weighted by atomic mass is 32.1. The van der Waals surface area contributed by atoms with E-state index in [2.05, 4.69) is 69.0 Å². The minimum Gasteiger partial charge on any atom is -0.368 e. The molecular formula is C22H32N6OS. The van der Waals surface area contributed by atoms with Crippen molar-refractivity contribution in [1.82, 2.24) is 20.5 Å². The average Bonchev–Trinajstić information content (AvgIpc) is 3.26. The second kappa shape index (κ2) is 11.0. The maximum absolute atomic E-state index is 12.6. The Hall–Kier alpha value is -2.61. The summed E-state index contributed by atoms with van der Waals surface area (Å²) >= 11 is 1.66. The average molecular weight is 429 g/mol. The number of guanidine groups is 1. The van der Waals surface area contributed by atoms with E-state index in [9.17, 15) is 4.79 Å². The number of carbonyl (C=O) groups excluding carboxylic acids is 1. The Morgan fingerprint density at radius 2 is 1.90 bits per heavy atom. The van der Waals surface area contributed by atoms with E-state index in [-0.39, 0.29) is 5.91 Å². The van der Waals surface area contributed by atoms with Gasteiger partial charge in [-0.25, -0.2) is 4.98 Å². The first-order valence-corrected chi connectivity index (χ1v) is 11.4. The van der Waals surface area contributed by atoms with E-state index in [1.54, 1.807) is 18.4 Å². The van der Waals surface area contributed by atoms with Gasteiger partial charge in [0.2, 0.25) is 5.91 Å². The Morgan fingerprint density at radius 3 is 2.53 bits per heavy atom. The number of nitrogens with one attached hydrogen (secondary N) is 2. The number of para-hydroxylation sites is 1. The molecule has 30 heavy (non-hydrogen) atoms. The molecule has 2 heterocycles. The number of aliphatic imine (C=N–C) groups is 1. The quantitative estimate of drug-likeness (QED) is 0.524. The molecule has 0 aliphatic carbocycles. The first kappa shape index (κ1) is 22.1. The maximum Gasteiger partial charge on any atom is 0.224 e. The van der Waals surface area contributed by atoms with Crippen LogP contribution in [-0.4, -0.2) is 61.5 Å². The van der Waals surface area contributed by atoms with Crippen molar-refractivity contribution in [3.05, 3.63) is 46.4 Å². The van der Waals surface area contributed by atoms with E-state index in [1.807, 2.05) is 11.0 Å². The molecule has 2 aromatic rings. The predicted molar refractivity (Wildman–Crippen MR) is 124 cm³/mol. The molecule has 8 heteroatoms. The van der Waals surface area contributed by atoms with Crippen LogP contribution in [0.1, 0.15) is 36.9 Å². The molecule has 1 aliphatic heterocycles. The minimum absolute atomic E-state index is 0.187. The number of benzene rings is 1. The minimum atomic E-state index is 0.187. The van der Waals surface area contributed by atoms with Gasteiger partial charge in [0.25, 0.3) is 0 Å². The van der Waals surface area contributed by atoms with Crippen molar-refractivity contribution in [2.24, 2.45) is 4.99 Å². The SMILES string of the molecule is CN=C(NCCC(=O)N1CCN(c2ccccc2)CC1)NCc1nc(C(C)C)cs1. The van der Waals surface area contributed by atoms with Crippen molar-refractivity contribution in [2.45, 2.75) is 32.7 Å². The second-order valence-electron chi connectivity index (χ2n) is 7.63. The zero-order chi connectivity index (χ0) is 21.3. The molecule has 3 rings (SSSR count). The first-order chi connectivity index (χ1) is 14.6. The van der Waals surface area contributed by atoms with E-state index >= 15 is 0 Å². The Labute approximate surface area is 183 Å². The topological polar surface area (TPSA) is 72.9 Å². The molecule has 1 aromatic heterocycles. The maximum atomic E-state index is 12.6. The lowest BCUT2D eigenvalue weighted by atomic mass is 10.2. The molecule has 1 saturated heterocycles. The molecule has 1 aromatic carbocycles. The van der Waals surface area contributed by atoms with Crippen molar-refractivity contribution in [1.29, 1.82) is 0 Å². The van der Waals surface area contributed by atoms with Crippen molar-refractivity contribution in [3.63, 3.8) is 0 Å². The third-order valence-electron chi connectivity index (χ3n) is 5.18. The van der Waals surface area contributed by atoms with Crippen LogP contribution in [-0.2, 0) is 11.3 Å². The number of aromatic nitrogens is 1. The molecule has 0 radical (unpaired) electrons. The summed E-state index contributed by atoms with van der Waals surface area (Å²) in [4.78, 5) is 25.7. The summed E-state index contributed by atoms with van der Waals surface area (Å²) in [7, 11) is 1.74. The number of carbonyl (C=O) groups is 1. The van der Waals surface area contributed by atoms with Gasteiger partial charge in [-0.2, -0.15) is 0 Å². The number of piperazine rings is 1. The number of amides is 1. The molecule has 0 spiro atoms. The Balaban J connectivity index is 1.36. The second-order valence-corrected chi connectivity index (χ2v) is 8.57. The molecule has 0 bridgehead atoms. The first-order valence-electron chi connectivity index (χ1n) is 10.5. The van der Waals surface area contributed by atoms with Crippen LogP contribution in [0.2, 0.25) is 0 Å². The molecule has 0 saturated carbocycles. The van der Waals surface area contributed by atoms with Gasteiger partial charge < -0.3 is 20.4 Å². The number of hydrogen-bond acceptors (Lipinski definition) is 5. The summed E-state index contributed by atoms with van der Waals surface area (Å²) in [6.45, 7) is 8.76. The van der Waals surface area contributed by atoms with Crippen molar-refractivity contribution in [2.75, 3.05) is 44.7 Å². The summed E-state index contributed by atoms with van der Waals surface area (Å²) in [6.07, 6.45) is 0.459. The molecule has 0 atom stereocenters. The van der Waals surface area contributed by atoms with E-state index < -0.39 is 0 Å². The van der Waals surface area contributed by atoms with Gasteiger partial charge in [0.1, 0.15) is 5.01 Å². The fourth-order valence-electron chi connectivity index (χ4n) is 3.35. The van der Waals surface area contributed by atoms with Crippen LogP contribution in [0.4, 0.5) is 5.69 Å². The van der Waals surface area contributed by atoms with E-state index in [1.165, 1.54) is 5.69 Å². The monoisotopic (exact) mass is 428 g/mol. The lowest BCUT2D eigenvalue weighted by molar-refractivity contribution is -0.131. The lowest BCUT2D eigenvalue weighted by Gasteiger charge is -2.36. The van der Waals surface area contributed by atoms with Gasteiger partial charge in [-0.3, -0.25) is 9.79 Å². The van der Waals surface area contributed by atoms with Crippen LogP contribution in [0.5, 0.6) is 0 Å². The largest absolute Gasteiger partial charge is 0.368 e. The highest BCUT2D eigenvalue weighted by Gasteiger charge is 2.20. The van der Waals surface area contributed by atoms with Gasteiger partial charge in [-0.1, -0.05) is 32.0 Å². The van der Waals surface area contributed by atoms with Gasteiger partial charge >= 0.3 is 0 Å². The summed E-state index contributed by atoms with van der Waals surface area (Å²) in [5.74, 6) is 1.32. The Morgan fingerprint density at radius 1 is 1.17 bits per heavy atom. The van der Waals surface area contributed by atoms with Crippen molar-refractivity contribution < 1.29 is 4.79 Å². The Kier molecular flexibility index (Phi) is 8.07. The van der Waals surface area contributed by atoms with Crippen LogP contribution in [0.15, 0.2) is 40.7 Å². The number of anilines is 1. The standard InChI is InChI=1S/C22H32N6OS/c1-17(2)19-16-30-20(26-19)15-25-22(23-3)24-10-9-21(29)28-13-11-27(12-14-28)18-7-5-4-6-8-18/h4-8,16-17H,9-15H2,1-3H3,(H2,23,24,25). The zero-order valence-electron chi connectivity index (χ0n) is 18.1. The van der Waals surface area contributed by atoms with Gasteiger partial charge in [0, 0.05) is 57.3 Å². The zero-order valence-corrected chi connectivity index (χ0v) is 18.9. The predicted octanol–water partition coefficient (Wildman–Crippen LogP) is 2.67. The number of hydrogen-bond donors (Lipinski definition) is 2. The highest BCUT2D eigenvalue weighted by Crippen LogP contribution is 2.17. The number of nitrogens with zero attached hydrogens (tertiary/aromatic N) is 4. The van der Waals surface area contributed by atoms with Crippen LogP contribution in [0, 0.1) is 0 Å². The summed E-state index contributed by atoms with van der Waals surface area (Å²) in [5, 5.41) is 9.64. The van der Waals surface area contributed by atoms with E-state index in [4.69, 9.17) is 0 Å². The number of rotatable bonds is 7. The third kappa shape index (κ3) is 6.19. The van der Waals surface area contributed by atoms with Crippen LogP contribution < -0.4 is 15.5 Å². The van der Waals surface area contributed by atoms with Gasteiger partial charge in [0.05, 0.1) is 12.2 Å². The molecule has 7 nitrogen and oxygen atoms in total. The summed E-state index contributed by atoms with van der Waals surface area (Å²) in [5.41, 5.74) is 2.35. The van der Waals surface area contributed by atoms with E-state index in [0.717, 1.165) is 36.9 Å². The van der Waals surface area contributed by atoms with Crippen molar-refractivity contribution >= 4 is 28.9 Å². The van der Waals surface area contributed by atoms with E-state index in [0.29, 0.717) is 31.4 Å². The summed E-state index contributed by atoms with van der Waals surface area (Å²) < 4.78 is 0. The van der Waals surface area contributed by atoms with Crippen LogP contribution in [0.3, 0.4) is 0 Å². The molecule has 2 N–H and O–H groups in total. The molecular weight excluding hydrogens is 396 g/mol. The lowest BCUT2D eigenvalue weighted by Crippen LogP contribution is -2.49. The molecule has 1 fully saturated rings.